The third-order valence-electron chi connectivity index (χ3n) is 2.11. The number of amides is 1. The number of nitrogens with one attached hydrogen (secondary N) is 1. The zero-order valence-corrected chi connectivity index (χ0v) is 8.40. The van der Waals surface area contributed by atoms with E-state index < -0.39 is 0 Å². The SMILES string of the molecule is Cc1cc(C2CNC(=O)O2)c(C)s1. The number of hydrogen-bond acceptors (Lipinski definition) is 3. The molecule has 70 valence electrons. The Kier molecular flexibility index (Phi) is 2.00. The van der Waals surface area contributed by atoms with Crippen molar-refractivity contribution in [3.05, 3.63) is 21.4 Å². The van der Waals surface area contributed by atoms with Crippen LogP contribution in [-0.4, -0.2) is 12.6 Å². The Morgan fingerprint density at radius 3 is 2.85 bits per heavy atom. The fourth-order valence-corrected chi connectivity index (χ4v) is 2.51. The summed E-state index contributed by atoms with van der Waals surface area (Å²) >= 11 is 1.74. The summed E-state index contributed by atoms with van der Waals surface area (Å²) in [6, 6.07) is 2.09. The molecule has 2 heterocycles. The lowest BCUT2D eigenvalue weighted by Crippen LogP contribution is -2.12. The first kappa shape index (κ1) is 8.56. The van der Waals surface area contributed by atoms with Crippen LogP contribution in [0.15, 0.2) is 6.07 Å². The molecule has 1 aliphatic heterocycles. The van der Waals surface area contributed by atoms with Crippen molar-refractivity contribution < 1.29 is 9.53 Å². The van der Waals surface area contributed by atoms with Crippen molar-refractivity contribution >= 4 is 17.4 Å². The van der Waals surface area contributed by atoms with Gasteiger partial charge in [0, 0.05) is 15.3 Å². The summed E-state index contributed by atoms with van der Waals surface area (Å²) < 4.78 is 5.10. The zero-order chi connectivity index (χ0) is 9.42. The molecule has 13 heavy (non-hydrogen) atoms. The number of hydrogen-bond donors (Lipinski definition) is 1. The fraction of sp³-hybridized carbons (Fsp3) is 0.444. The summed E-state index contributed by atoms with van der Waals surface area (Å²) in [5.41, 5.74) is 1.14. The molecule has 4 heteroatoms. The maximum atomic E-state index is 10.8. The molecule has 1 fully saturated rings. The van der Waals surface area contributed by atoms with E-state index in [0.29, 0.717) is 6.54 Å². The molecule has 1 N–H and O–H groups in total. The topological polar surface area (TPSA) is 38.3 Å². The second-order valence-corrected chi connectivity index (χ2v) is 4.60. The van der Waals surface area contributed by atoms with Crippen LogP contribution >= 0.6 is 11.3 Å². The van der Waals surface area contributed by atoms with Gasteiger partial charge < -0.3 is 10.1 Å². The van der Waals surface area contributed by atoms with Crippen molar-refractivity contribution in [2.45, 2.75) is 20.0 Å². The maximum Gasteiger partial charge on any atom is 0.407 e. The smallest absolute Gasteiger partial charge is 0.407 e. The largest absolute Gasteiger partial charge is 0.439 e. The van der Waals surface area contributed by atoms with Gasteiger partial charge in [-0.2, -0.15) is 0 Å². The number of rotatable bonds is 1. The van der Waals surface area contributed by atoms with Crippen molar-refractivity contribution in [2.75, 3.05) is 6.54 Å². The number of alkyl carbamates (subject to hydrolysis) is 1. The van der Waals surface area contributed by atoms with E-state index in [1.807, 2.05) is 0 Å². The molecular weight excluding hydrogens is 186 g/mol. The molecule has 1 aromatic rings. The van der Waals surface area contributed by atoms with Gasteiger partial charge in [0.25, 0.3) is 0 Å². The highest BCUT2D eigenvalue weighted by molar-refractivity contribution is 7.12. The molecule has 3 nitrogen and oxygen atoms in total. The number of carbonyl (C=O) groups is 1. The first-order valence-corrected chi connectivity index (χ1v) is 5.00. The average Bonchev–Trinajstić information content (AvgIpc) is 2.58. The summed E-state index contributed by atoms with van der Waals surface area (Å²) in [6.45, 7) is 4.71. The predicted molar refractivity (Wildman–Crippen MR) is 51.0 cm³/mol. The molecule has 1 aromatic heterocycles. The Labute approximate surface area is 80.7 Å². The van der Waals surface area contributed by atoms with E-state index in [-0.39, 0.29) is 12.2 Å². The highest BCUT2D eigenvalue weighted by Crippen LogP contribution is 2.29. The molecule has 0 bridgehead atoms. The Morgan fingerprint density at radius 2 is 2.38 bits per heavy atom. The van der Waals surface area contributed by atoms with Crippen LogP contribution in [0.3, 0.4) is 0 Å². The maximum absolute atomic E-state index is 10.8. The monoisotopic (exact) mass is 197 g/mol. The van der Waals surface area contributed by atoms with Gasteiger partial charge in [-0.1, -0.05) is 0 Å². The number of aryl methyl sites for hydroxylation is 2. The molecule has 1 saturated heterocycles. The van der Waals surface area contributed by atoms with Crippen LogP contribution in [0.4, 0.5) is 4.79 Å². The molecule has 1 amide bonds. The molecule has 0 spiro atoms. The summed E-state index contributed by atoms with van der Waals surface area (Å²) in [4.78, 5) is 13.3. The second-order valence-electron chi connectivity index (χ2n) is 3.14. The van der Waals surface area contributed by atoms with Crippen molar-refractivity contribution in [1.29, 1.82) is 0 Å². The normalized spacial score (nSPS) is 21.4. The van der Waals surface area contributed by atoms with Crippen LogP contribution in [-0.2, 0) is 4.74 Å². The zero-order valence-electron chi connectivity index (χ0n) is 7.59. The second kappa shape index (κ2) is 3.03. The minimum atomic E-state index is -0.312. The lowest BCUT2D eigenvalue weighted by molar-refractivity contribution is 0.141. The molecule has 0 radical (unpaired) electrons. The number of cyclic esters (lactones) is 1. The van der Waals surface area contributed by atoms with Crippen LogP contribution in [0.25, 0.3) is 0 Å². The van der Waals surface area contributed by atoms with Crippen molar-refractivity contribution in [1.82, 2.24) is 5.32 Å². The van der Waals surface area contributed by atoms with Gasteiger partial charge in [0.1, 0.15) is 6.10 Å². The van der Waals surface area contributed by atoms with E-state index in [2.05, 4.69) is 25.2 Å². The predicted octanol–water partition coefficient (Wildman–Crippen LogP) is 2.15. The molecule has 0 saturated carbocycles. The van der Waals surface area contributed by atoms with Gasteiger partial charge in [-0.05, 0) is 19.9 Å². The van der Waals surface area contributed by atoms with E-state index in [1.54, 1.807) is 11.3 Å². The number of thiophene rings is 1. The van der Waals surface area contributed by atoms with Gasteiger partial charge in [0.15, 0.2) is 0 Å². The standard InChI is InChI=1S/C9H11NO2S/c1-5-3-7(6(2)13-5)8-4-10-9(11)12-8/h3,8H,4H2,1-2H3,(H,10,11). The average molecular weight is 197 g/mol. The van der Waals surface area contributed by atoms with E-state index in [4.69, 9.17) is 4.74 Å². The Balaban J connectivity index is 2.25. The van der Waals surface area contributed by atoms with Crippen molar-refractivity contribution in [3.63, 3.8) is 0 Å². The third kappa shape index (κ3) is 1.54. The Bertz CT molecular complexity index is 345. The number of carbonyl (C=O) groups excluding carboxylic acids is 1. The summed E-state index contributed by atoms with van der Waals surface area (Å²) in [7, 11) is 0. The minimum absolute atomic E-state index is 0.0857. The molecular formula is C9H11NO2S. The van der Waals surface area contributed by atoms with Gasteiger partial charge in [-0.15, -0.1) is 11.3 Å². The molecule has 1 atom stereocenters. The lowest BCUT2D eigenvalue weighted by Gasteiger charge is -2.05. The van der Waals surface area contributed by atoms with Gasteiger partial charge in [0.2, 0.25) is 0 Å². The number of ether oxygens (including phenoxy) is 1. The minimum Gasteiger partial charge on any atom is -0.439 e. The summed E-state index contributed by atoms with van der Waals surface area (Å²) in [6.07, 6.45) is -0.397. The van der Waals surface area contributed by atoms with E-state index >= 15 is 0 Å². The Hall–Kier alpha value is -1.03. The summed E-state index contributed by atoms with van der Waals surface area (Å²) in [5.74, 6) is 0. The molecule has 0 aromatic carbocycles. The van der Waals surface area contributed by atoms with Crippen LogP contribution in [0.2, 0.25) is 0 Å². The van der Waals surface area contributed by atoms with Crippen LogP contribution in [0.5, 0.6) is 0 Å². The van der Waals surface area contributed by atoms with Gasteiger partial charge in [-0.25, -0.2) is 4.79 Å². The molecule has 0 aliphatic carbocycles. The van der Waals surface area contributed by atoms with Gasteiger partial charge in [-0.3, -0.25) is 0 Å². The molecule has 1 aliphatic rings. The Morgan fingerprint density at radius 1 is 1.62 bits per heavy atom. The highest BCUT2D eigenvalue weighted by Gasteiger charge is 2.26. The fourth-order valence-electron chi connectivity index (χ4n) is 1.53. The molecule has 2 rings (SSSR count). The van der Waals surface area contributed by atoms with Crippen LogP contribution < -0.4 is 5.32 Å². The van der Waals surface area contributed by atoms with E-state index in [1.165, 1.54) is 9.75 Å². The van der Waals surface area contributed by atoms with Gasteiger partial charge in [0.05, 0.1) is 6.54 Å². The lowest BCUT2D eigenvalue weighted by atomic mass is 10.1. The van der Waals surface area contributed by atoms with E-state index in [0.717, 1.165) is 5.56 Å². The third-order valence-corrected chi connectivity index (χ3v) is 3.09. The van der Waals surface area contributed by atoms with Crippen molar-refractivity contribution in [2.24, 2.45) is 0 Å². The quantitative estimate of drug-likeness (QED) is 0.749. The van der Waals surface area contributed by atoms with Gasteiger partial charge >= 0.3 is 6.09 Å². The molecule has 1 unspecified atom stereocenters. The van der Waals surface area contributed by atoms with Crippen molar-refractivity contribution in [3.8, 4) is 0 Å². The van der Waals surface area contributed by atoms with E-state index in [9.17, 15) is 4.79 Å². The summed E-state index contributed by atoms with van der Waals surface area (Å²) in [5, 5.41) is 2.65. The van der Waals surface area contributed by atoms with Crippen LogP contribution in [0, 0.1) is 13.8 Å². The first-order valence-electron chi connectivity index (χ1n) is 4.18. The van der Waals surface area contributed by atoms with Crippen LogP contribution in [0.1, 0.15) is 21.4 Å². The highest BCUT2D eigenvalue weighted by atomic mass is 32.1. The first-order chi connectivity index (χ1) is 6.16.